The third-order valence-electron chi connectivity index (χ3n) is 3.14. The number of carbonyl (C=O) groups is 1. The van der Waals surface area contributed by atoms with Crippen molar-refractivity contribution in [3.63, 3.8) is 0 Å². The van der Waals surface area contributed by atoms with E-state index in [9.17, 15) is 4.79 Å². The SMILES string of the molecule is CC(C)Oc1ccc(-c2ccccc2)cc1CCC(=O)O. The molecule has 3 nitrogen and oxygen atoms in total. The van der Waals surface area contributed by atoms with Gasteiger partial charge in [0, 0.05) is 6.42 Å². The highest BCUT2D eigenvalue weighted by atomic mass is 16.5. The van der Waals surface area contributed by atoms with Gasteiger partial charge < -0.3 is 9.84 Å². The first-order valence-corrected chi connectivity index (χ1v) is 7.13. The first kappa shape index (κ1) is 15.1. The average Bonchev–Trinajstić information content (AvgIpc) is 2.46. The minimum absolute atomic E-state index is 0.0659. The quantitative estimate of drug-likeness (QED) is 0.866. The van der Waals surface area contributed by atoms with E-state index in [1.807, 2.05) is 62.4 Å². The molecule has 0 atom stereocenters. The molecule has 0 aliphatic rings. The van der Waals surface area contributed by atoms with Gasteiger partial charge in [-0.1, -0.05) is 36.4 Å². The van der Waals surface area contributed by atoms with E-state index in [2.05, 4.69) is 0 Å². The number of benzene rings is 2. The summed E-state index contributed by atoms with van der Waals surface area (Å²) in [7, 11) is 0. The fourth-order valence-corrected chi connectivity index (χ4v) is 2.20. The smallest absolute Gasteiger partial charge is 0.303 e. The molecule has 0 radical (unpaired) electrons. The Kier molecular flexibility index (Phi) is 4.99. The molecule has 0 heterocycles. The first-order valence-electron chi connectivity index (χ1n) is 7.13. The Morgan fingerprint density at radius 3 is 2.43 bits per heavy atom. The lowest BCUT2D eigenvalue weighted by Gasteiger charge is -2.15. The van der Waals surface area contributed by atoms with Gasteiger partial charge in [-0.05, 0) is 49.1 Å². The Labute approximate surface area is 125 Å². The van der Waals surface area contributed by atoms with Crippen molar-refractivity contribution in [3.8, 4) is 16.9 Å². The molecule has 0 saturated carbocycles. The summed E-state index contributed by atoms with van der Waals surface area (Å²) in [4.78, 5) is 10.8. The van der Waals surface area contributed by atoms with E-state index in [-0.39, 0.29) is 12.5 Å². The molecule has 110 valence electrons. The van der Waals surface area contributed by atoms with Gasteiger partial charge in [-0.3, -0.25) is 4.79 Å². The Bertz CT molecular complexity index is 603. The van der Waals surface area contributed by atoms with Crippen LogP contribution in [0, 0.1) is 0 Å². The van der Waals surface area contributed by atoms with Crippen molar-refractivity contribution in [1.82, 2.24) is 0 Å². The molecule has 3 heteroatoms. The van der Waals surface area contributed by atoms with Crippen molar-refractivity contribution in [2.24, 2.45) is 0 Å². The minimum atomic E-state index is -0.796. The zero-order valence-electron chi connectivity index (χ0n) is 12.4. The highest BCUT2D eigenvalue weighted by Gasteiger charge is 2.10. The predicted octanol–water partition coefficient (Wildman–Crippen LogP) is 4.16. The number of aliphatic carboxylic acids is 1. The van der Waals surface area contributed by atoms with E-state index in [0.29, 0.717) is 6.42 Å². The molecular weight excluding hydrogens is 264 g/mol. The summed E-state index contributed by atoms with van der Waals surface area (Å²) in [6.07, 6.45) is 0.640. The second-order valence-electron chi connectivity index (χ2n) is 5.25. The van der Waals surface area contributed by atoms with Crippen molar-refractivity contribution in [3.05, 3.63) is 54.1 Å². The fourth-order valence-electron chi connectivity index (χ4n) is 2.20. The van der Waals surface area contributed by atoms with Crippen molar-refractivity contribution in [1.29, 1.82) is 0 Å². The summed E-state index contributed by atoms with van der Waals surface area (Å²) >= 11 is 0. The van der Waals surface area contributed by atoms with Crippen molar-refractivity contribution >= 4 is 5.97 Å². The fraction of sp³-hybridized carbons (Fsp3) is 0.278. The molecule has 0 aliphatic carbocycles. The van der Waals surface area contributed by atoms with Crippen LogP contribution in [0.25, 0.3) is 11.1 Å². The third kappa shape index (κ3) is 4.35. The summed E-state index contributed by atoms with van der Waals surface area (Å²) in [5, 5.41) is 8.89. The van der Waals surface area contributed by atoms with Crippen molar-refractivity contribution in [2.45, 2.75) is 32.8 Å². The topological polar surface area (TPSA) is 46.5 Å². The minimum Gasteiger partial charge on any atom is -0.491 e. The van der Waals surface area contributed by atoms with Gasteiger partial charge in [0.2, 0.25) is 0 Å². The molecule has 0 aromatic heterocycles. The van der Waals surface area contributed by atoms with E-state index < -0.39 is 5.97 Å². The second-order valence-corrected chi connectivity index (χ2v) is 5.25. The number of hydrogen-bond acceptors (Lipinski definition) is 2. The monoisotopic (exact) mass is 284 g/mol. The Morgan fingerprint density at radius 1 is 1.10 bits per heavy atom. The van der Waals surface area contributed by atoms with Gasteiger partial charge in [-0.25, -0.2) is 0 Å². The summed E-state index contributed by atoms with van der Waals surface area (Å²) in [6.45, 7) is 3.93. The van der Waals surface area contributed by atoms with Crippen molar-refractivity contribution in [2.75, 3.05) is 0 Å². The van der Waals surface area contributed by atoms with Gasteiger partial charge in [0.25, 0.3) is 0 Å². The highest BCUT2D eigenvalue weighted by Crippen LogP contribution is 2.28. The molecule has 2 aromatic carbocycles. The van der Waals surface area contributed by atoms with Gasteiger partial charge in [-0.2, -0.15) is 0 Å². The Hall–Kier alpha value is -2.29. The zero-order valence-corrected chi connectivity index (χ0v) is 12.4. The lowest BCUT2D eigenvalue weighted by molar-refractivity contribution is -0.136. The Balaban J connectivity index is 2.33. The third-order valence-corrected chi connectivity index (χ3v) is 3.14. The van der Waals surface area contributed by atoms with Crippen LogP contribution >= 0.6 is 0 Å². The summed E-state index contributed by atoms with van der Waals surface area (Å²) in [5.41, 5.74) is 3.13. The highest BCUT2D eigenvalue weighted by molar-refractivity contribution is 5.69. The average molecular weight is 284 g/mol. The first-order chi connectivity index (χ1) is 10.1. The van der Waals surface area contributed by atoms with Crippen LogP contribution in [0.2, 0.25) is 0 Å². The number of aryl methyl sites for hydroxylation is 1. The molecule has 0 aliphatic heterocycles. The molecule has 0 saturated heterocycles. The molecule has 0 fully saturated rings. The largest absolute Gasteiger partial charge is 0.491 e. The molecule has 0 bridgehead atoms. The zero-order chi connectivity index (χ0) is 15.2. The molecule has 1 N–H and O–H groups in total. The standard InChI is InChI=1S/C18H20O3/c1-13(2)21-17-10-8-15(14-6-4-3-5-7-14)12-16(17)9-11-18(19)20/h3-8,10,12-13H,9,11H2,1-2H3,(H,19,20). The van der Waals surface area contributed by atoms with Gasteiger partial charge in [0.1, 0.15) is 5.75 Å². The van der Waals surface area contributed by atoms with Crippen LogP contribution in [0.1, 0.15) is 25.8 Å². The van der Waals surface area contributed by atoms with Gasteiger partial charge >= 0.3 is 5.97 Å². The van der Waals surface area contributed by atoms with E-state index in [1.54, 1.807) is 0 Å². The van der Waals surface area contributed by atoms with Gasteiger partial charge in [-0.15, -0.1) is 0 Å². The maximum absolute atomic E-state index is 10.8. The molecule has 0 unspecified atom stereocenters. The summed E-state index contributed by atoms with van der Waals surface area (Å²) in [5.74, 6) is -0.0263. The number of carboxylic acids is 1. The maximum atomic E-state index is 10.8. The van der Waals surface area contributed by atoms with Crippen molar-refractivity contribution < 1.29 is 14.6 Å². The summed E-state index contributed by atoms with van der Waals surface area (Å²) < 4.78 is 5.78. The number of hydrogen-bond donors (Lipinski definition) is 1. The maximum Gasteiger partial charge on any atom is 0.303 e. The van der Waals surface area contributed by atoms with E-state index in [0.717, 1.165) is 22.4 Å². The molecule has 2 aromatic rings. The Morgan fingerprint density at radius 2 is 1.81 bits per heavy atom. The van der Waals surface area contributed by atoms with Crippen LogP contribution in [-0.4, -0.2) is 17.2 Å². The second kappa shape index (κ2) is 6.93. The molecule has 0 amide bonds. The van der Waals surface area contributed by atoms with E-state index >= 15 is 0 Å². The van der Waals surface area contributed by atoms with Crippen LogP contribution in [0.4, 0.5) is 0 Å². The van der Waals surface area contributed by atoms with Crippen LogP contribution in [-0.2, 0) is 11.2 Å². The lowest BCUT2D eigenvalue weighted by atomic mass is 10.00. The number of carboxylic acid groups (broad SMARTS) is 1. The molecule has 21 heavy (non-hydrogen) atoms. The lowest BCUT2D eigenvalue weighted by Crippen LogP contribution is -2.08. The normalized spacial score (nSPS) is 10.6. The molecule has 0 spiro atoms. The number of rotatable bonds is 6. The molecule has 2 rings (SSSR count). The summed E-state index contributed by atoms with van der Waals surface area (Å²) in [6, 6.07) is 16.0. The van der Waals surface area contributed by atoms with Crippen LogP contribution in [0.15, 0.2) is 48.5 Å². The number of ether oxygens (including phenoxy) is 1. The van der Waals surface area contributed by atoms with Crippen LogP contribution in [0.3, 0.4) is 0 Å². The van der Waals surface area contributed by atoms with Gasteiger partial charge in [0.15, 0.2) is 0 Å². The van der Waals surface area contributed by atoms with E-state index in [4.69, 9.17) is 9.84 Å². The molecular formula is C18H20O3. The van der Waals surface area contributed by atoms with Gasteiger partial charge in [0.05, 0.1) is 6.10 Å². The van der Waals surface area contributed by atoms with E-state index in [1.165, 1.54) is 0 Å². The van der Waals surface area contributed by atoms with Crippen LogP contribution < -0.4 is 4.74 Å². The predicted molar refractivity (Wildman–Crippen MR) is 83.6 cm³/mol. The van der Waals surface area contributed by atoms with Crippen LogP contribution in [0.5, 0.6) is 5.75 Å².